The third-order valence-corrected chi connectivity index (χ3v) is 6.81. The number of unbranched alkanes of at least 4 members (excludes halogenated alkanes) is 22. The van der Waals surface area contributed by atoms with E-state index in [2.05, 4.69) is 6.92 Å². The minimum absolute atomic E-state index is 0.124. The summed E-state index contributed by atoms with van der Waals surface area (Å²) >= 11 is 0. The molecule has 0 unspecified atom stereocenters. The van der Waals surface area contributed by atoms with Crippen LogP contribution in [0, 0.1) is 0 Å². The zero-order valence-corrected chi connectivity index (χ0v) is 21.3. The Morgan fingerprint density at radius 3 is 1.00 bits per heavy atom. The van der Waals surface area contributed by atoms with Gasteiger partial charge in [0.1, 0.15) is 0 Å². The van der Waals surface area contributed by atoms with Crippen LogP contribution in [0.25, 0.3) is 0 Å². The van der Waals surface area contributed by atoms with E-state index in [0.29, 0.717) is 0 Å². The van der Waals surface area contributed by atoms with Crippen molar-refractivity contribution in [3.63, 3.8) is 0 Å². The van der Waals surface area contributed by atoms with Gasteiger partial charge in [-0.05, 0) is 6.42 Å². The molecule has 0 fully saturated rings. The summed E-state index contributed by atoms with van der Waals surface area (Å²) in [7, 11) is 0. The lowest BCUT2D eigenvalue weighted by molar-refractivity contribution is 0.0990. The van der Waals surface area contributed by atoms with E-state index in [4.69, 9.17) is 10.8 Å². The average Bonchev–Trinajstić information content (AvgIpc) is 2.78. The zero-order valence-electron chi connectivity index (χ0n) is 21.3. The summed E-state index contributed by atoms with van der Waals surface area (Å²) in [6.45, 7) is 2.17. The molecule has 3 nitrogen and oxygen atoms in total. The van der Waals surface area contributed by atoms with E-state index in [-0.39, 0.29) is 6.61 Å². The van der Waals surface area contributed by atoms with Gasteiger partial charge >= 0.3 is 0 Å². The standard InChI is InChI=1S/C28H59NO2/c1-2-3-4-5-6-7-8-9-10-11-12-13-14-15-16-17-18-19-20-21-22-23-24-25-28(31)27(29)26-30/h27-28,30-31H,2-26,29H2,1H3/t27-,28+/m0/s1. The topological polar surface area (TPSA) is 66.5 Å². The molecule has 0 aromatic carbocycles. The Morgan fingerprint density at radius 1 is 0.484 bits per heavy atom. The Hall–Kier alpha value is -0.120. The van der Waals surface area contributed by atoms with Crippen molar-refractivity contribution in [3.8, 4) is 0 Å². The van der Waals surface area contributed by atoms with Gasteiger partial charge in [0.25, 0.3) is 0 Å². The van der Waals surface area contributed by atoms with E-state index < -0.39 is 12.1 Å². The van der Waals surface area contributed by atoms with E-state index in [0.717, 1.165) is 12.8 Å². The van der Waals surface area contributed by atoms with Crippen molar-refractivity contribution in [1.82, 2.24) is 0 Å². The van der Waals surface area contributed by atoms with Crippen LogP contribution in [-0.4, -0.2) is 29.0 Å². The van der Waals surface area contributed by atoms with E-state index >= 15 is 0 Å². The van der Waals surface area contributed by atoms with E-state index in [1.165, 1.54) is 141 Å². The SMILES string of the molecule is CCCCCCCCCCCCCCCCCCCCCCCCC[C@@H](O)[C@@H](N)CO. The van der Waals surface area contributed by atoms with Crippen LogP contribution in [0.15, 0.2) is 0 Å². The summed E-state index contributed by atoms with van der Waals surface area (Å²) in [4.78, 5) is 0. The molecular formula is C28H59NO2. The number of hydrogen-bond acceptors (Lipinski definition) is 3. The summed E-state index contributed by atoms with van der Waals surface area (Å²) in [5, 5.41) is 18.6. The largest absolute Gasteiger partial charge is 0.395 e. The number of rotatable bonds is 26. The summed E-state index contributed by atoms with van der Waals surface area (Å²) in [5.41, 5.74) is 5.61. The van der Waals surface area contributed by atoms with Crippen molar-refractivity contribution in [3.05, 3.63) is 0 Å². The lowest BCUT2D eigenvalue weighted by Gasteiger charge is -2.15. The molecule has 0 rings (SSSR count). The van der Waals surface area contributed by atoms with Crippen LogP contribution >= 0.6 is 0 Å². The first-order chi connectivity index (χ1) is 15.2. The second-order valence-electron chi connectivity index (χ2n) is 9.98. The maximum Gasteiger partial charge on any atom is 0.0713 e. The molecule has 0 aromatic rings. The van der Waals surface area contributed by atoms with Crippen molar-refractivity contribution in [2.75, 3.05) is 6.61 Å². The van der Waals surface area contributed by atoms with Crippen molar-refractivity contribution in [2.45, 2.75) is 173 Å². The predicted octanol–water partition coefficient (Wildman–Crippen LogP) is 8.05. The maximum absolute atomic E-state index is 9.70. The fourth-order valence-corrected chi connectivity index (χ4v) is 4.47. The number of hydrogen-bond donors (Lipinski definition) is 3. The molecule has 3 heteroatoms. The Morgan fingerprint density at radius 2 is 0.742 bits per heavy atom. The highest BCUT2D eigenvalue weighted by Gasteiger charge is 2.12. The quantitative estimate of drug-likeness (QED) is 0.119. The Balaban J connectivity index is 3.07. The molecule has 0 saturated carbocycles. The van der Waals surface area contributed by atoms with Crippen molar-refractivity contribution >= 4 is 0 Å². The normalized spacial score (nSPS) is 13.5. The van der Waals surface area contributed by atoms with Gasteiger partial charge in [0.2, 0.25) is 0 Å². The van der Waals surface area contributed by atoms with E-state index in [9.17, 15) is 5.11 Å². The first-order valence-corrected chi connectivity index (χ1v) is 14.3. The van der Waals surface area contributed by atoms with Gasteiger partial charge < -0.3 is 15.9 Å². The monoisotopic (exact) mass is 441 g/mol. The minimum atomic E-state index is -0.542. The summed E-state index contributed by atoms with van der Waals surface area (Å²) in [5.74, 6) is 0. The third-order valence-electron chi connectivity index (χ3n) is 6.81. The minimum Gasteiger partial charge on any atom is -0.395 e. The molecular weight excluding hydrogens is 382 g/mol. The maximum atomic E-state index is 9.70. The summed E-state index contributed by atoms with van der Waals surface area (Å²) in [6.07, 6.45) is 32.3. The highest BCUT2D eigenvalue weighted by Crippen LogP contribution is 2.16. The van der Waals surface area contributed by atoms with E-state index in [1.54, 1.807) is 0 Å². The van der Waals surface area contributed by atoms with Crippen LogP contribution in [0.1, 0.15) is 161 Å². The molecule has 0 amide bonds. The van der Waals surface area contributed by atoms with Gasteiger partial charge in [-0.15, -0.1) is 0 Å². The molecule has 188 valence electrons. The first kappa shape index (κ1) is 30.9. The Bertz CT molecular complexity index is 324. The molecule has 0 aliphatic rings. The fraction of sp³-hybridized carbons (Fsp3) is 1.00. The molecule has 0 heterocycles. The fourth-order valence-electron chi connectivity index (χ4n) is 4.47. The predicted molar refractivity (Wildman–Crippen MR) is 138 cm³/mol. The number of nitrogens with two attached hydrogens (primary N) is 1. The van der Waals surface area contributed by atoms with Crippen LogP contribution in [0.5, 0.6) is 0 Å². The molecule has 0 radical (unpaired) electrons. The first-order valence-electron chi connectivity index (χ1n) is 14.3. The molecule has 0 aliphatic carbocycles. The molecule has 0 spiro atoms. The van der Waals surface area contributed by atoms with Crippen LogP contribution in [0.2, 0.25) is 0 Å². The van der Waals surface area contributed by atoms with Gasteiger partial charge in [0.05, 0.1) is 18.8 Å². The van der Waals surface area contributed by atoms with Crippen molar-refractivity contribution in [1.29, 1.82) is 0 Å². The van der Waals surface area contributed by atoms with E-state index in [1.807, 2.05) is 0 Å². The van der Waals surface area contributed by atoms with Crippen molar-refractivity contribution in [2.24, 2.45) is 5.73 Å². The van der Waals surface area contributed by atoms with Gasteiger partial charge in [-0.3, -0.25) is 0 Å². The van der Waals surface area contributed by atoms with Gasteiger partial charge in [0, 0.05) is 0 Å². The highest BCUT2D eigenvalue weighted by molar-refractivity contribution is 4.70. The van der Waals surface area contributed by atoms with Crippen LogP contribution < -0.4 is 5.73 Å². The van der Waals surface area contributed by atoms with Crippen LogP contribution in [0.3, 0.4) is 0 Å². The number of aliphatic hydroxyl groups is 2. The van der Waals surface area contributed by atoms with Gasteiger partial charge in [0.15, 0.2) is 0 Å². The lowest BCUT2D eigenvalue weighted by Crippen LogP contribution is -2.37. The van der Waals surface area contributed by atoms with Crippen LogP contribution in [-0.2, 0) is 0 Å². The average molecular weight is 442 g/mol. The lowest BCUT2D eigenvalue weighted by atomic mass is 10.0. The van der Waals surface area contributed by atoms with Crippen LogP contribution in [0.4, 0.5) is 0 Å². The van der Waals surface area contributed by atoms with Crippen molar-refractivity contribution < 1.29 is 10.2 Å². The van der Waals surface area contributed by atoms with Gasteiger partial charge in [-0.1, -0.05) is 155 Å². The molecule has 0 saturated heterocycles. The zero-order chi connectivity index (χ0) is 22.8. The molecule has 0 bridgehead atoms. The summed E-state index contributed by atoms with van der Waals surface area (Å²) < 4.78 is 0. The third kappa shape index (κ3) is 24.4. The number of aliphatic hydroxyl groups excluding tert-OH is 2. The molecule has 31 heavy (non-hydrogen) atoms. The highest BCUT2D eigenvalue weighted by atomic mass is 16.3. The molecule has 4 N–H and O–H groups in total. The smallest absolute Gasteiger partial charge is 0.0713 e. The molecule has 2 atom stereocenters. The summed E-state index contributed by atoms with van der Waals surface area (Å²) in [6, 6.07) is -0.472. The van der Waals surface area contributed by atoms with Gasteiger partial charge in [-0.2, -0.15) is 0 Å². The Kier molecular flexibility index (Phi) is 26.0. The van der Waals surface area contributed by atoms with Gasteiger partial charge in [-0.25, -0.2) is 0 Å². The second kappa shape index (κ2) is 26.1. The Labute approximate surface area is 196 Å². The second-order valence-corrected chi connectivity index (χ2v) is 9.98. The molecule has 0 aromatic heterocycles. The molecule has 0 aliphatic heterocycles.